The first-order valence-corrected chi connectivity index (χ1v) is 8.89. The highest BCUT2D eigenvalue weighted by atomic mass is 35.5. The number of hydrogen-bond acceptors (Lipinski definition) is 4. The number of nitrogens with one attached hydrogen (secondary N) is 1. The molecule has 1 atom stereocenters. The van der Waals surface area contributed by atoms with Gasteiger partial charge in [0, 0.05) is 31.3 Å². The summed E-state index contributed by atoms with van der Waals surface area (Å²) in [6.45, 7) is 2.14. The summed E-state index contributed by atoms with van der Waals surface area (Å²) in [5.74, 6) is 0.890. The molecule has 0 aromatic heterocycles. The van der Waals surface area contributed by atoms with Crippen molar-refractivity contribution in [2.75, 3.05) is 26.3 Å². The van der Waals surface area contributed by atoms with Crippen molar-refractivity contribution < 1.29 is 23.5 Å². The Balaban J connectivity index is 1.18. The van der Waals surface area contributed by atoms with E-state index >= 15 is 0 Å². The lowest BCUT2D eigenvalue weighted by Gasteiger charge is -2.47. The molecule has 0 aromatic carbocycles. The summed E-state index contributed by atoms with van der Waals surface area (Å²) in [4.78, 5) is 25.4. The maximum atomic E-state index is 13.1. The third kappa shape index (κ3) is 3.21. The smallest absolute Gasteiger partial charge is 0.407 e. The van der Waals surface area contributed by atoms with Crippen LogP contribution in [0.5, 0.6) is 0 Å². The van der Waals surface area contributed by atoms with Crippen LogP contribution in [0.3, 0.4) is 0 Å². The number of likely N-dealkylation sites (tertiary alicyclic amines) is 1. The molecule has 8 heteroatoms. The summed E-state index contributed by atoms with van der Waals surface area (Å²) in [5.41, 5.74) is -0.324. The monoisotopic (exact) mass is 370 g/mol. The summed E-state index contributed by atoms with van der Waals surface area (Å²) in [6.07, 6.45) is 3.03. The van der Waals surface area contributed by atoms with Crippen LogP contribution in [-0.4, -0.2) is 54.9 Å². The van der Waals surface area contributed by atoms with E-state index < -0.39 is 12.3 Å². The first kappa shape index (κ1) is 16.7. The highest BCUT2D eigenvalue weighted by Crippen LogP contribution is 2.42. The van der Waals surface area contributed by atoms with Gasteiger partial charge in [-0.25, -0.2) is 9.18 Å². The van der Waals surface area contributed by atoms with Crippen molar-refractivity contribution in [1.29, 1.82) is 0 Å². The lowest BCUT2D eigenvalue weighted by Crippen LogP contribution is -2.61. The van der Waals surface area contributed by atoms with Gasteiger partial charge in [0.1, 0.15) is 18.5 Å². The van der Waals surface area contributed by atoms with Gasteiger partial charge in [0.25, 0.3) is 0 Å². The Hall–Kier alpha value is -1.76. The minimum Gasteiger partial charge on any atom is -0.492 e. The number of halogens is 2. The normalized spacial score (nSPS) is 34.5. The Kier molecular flexibility index (Phi) is 4.14. The van der Waals surface area contributed by atoms with E-state index in [0.29, 0.717) is 49.9 Å². The number of alkyl carbamates (subject to hydrolysis) is 1. The van der Waals surface area contributed by atoms with E-state index in [9.17, 15) is 14.0 Å². The summed E-state index contributed by atoms with van der Waals surface area (Å²) < 4.78 is 23.7. The molecule has 1 N–H and O–H groups in total. The fourth-order valence-electron chi connectivity index (χ4n) is 3.84. The number of amides is 2. The fraction of sp³-hybridized carbons (Fsp3) is 0.647. The van der Waals surface area contributed by atoms with Crippen molar-refractivity contribution in [1.82, 2.24) is 10.2 Å². The number of carbonyl (C=O) groups is 2. The van der Waals surface area contributed by atoms with Crippen LogP contribution in [0.1, 0.15) is 19.3 Å². The average molecular weight is 371 g/mol. The van der Waals surface area contributed by atoms with E-state index in [4.69, 9.17) is 21.1 Å². The van der Waals surface area contributed by atoms with E-state index in [1.165, 1.54) is 6.08 Å². The Bertz CT molecular complexity index is 653. The van der Waals surface area contributed by atoms with Gasteiger partial charge < -0.3 is 19.7 Å². The molecule has 2 aliphatic heterocycles. The topological polar surface area (TPSA) is 67.9 Å². The summed E-state index contributed by atoms with van der Waals surface area (Å²) in [7, 11) is 0. The van der Waals surface area contributed by atoms with Crippen LogP contribution in [-0.2, 0) is 14.3 Å². The number of nitrogens with zero attached hydrogens (tertiary/aromatic N) is 1. The lowest BCUT2D eigenvalue weighted by molar-refractivity contribution is -0.148. The maximum absolute atomic E-state index is 13.1. The standard InChI is InChI=1S/C17H20ClFN2O4/c18-13-3-12(19)1-2-14(13)24-8-10-6-21(7-10)15(22)11-4-17(5-11)9-25-16(23)20-17/h1-2,10-12H,3-9H2,(H,20,23)/t11-,12?,17+. The van der Waals surface area contributed by atoms with Crippen LogP contribution >= 0.6 is 11.6 Å². The molecular weight excluding hydrogens is 351 g/mol. The van der Waals surface area contributed by atoms with E-state index in [2.05, 4.69) is 5.32 Å². The number of alkyl halides is 1. The van der Waals surface area contributed by atoms with E-state index in [-0.39, 0.29) is 29.7 Å². The second kappa shape index (κ2) is 6.20. The van der Waals surface area contributed by atoms with Crippen molar-refractivity contribution in [3.05, 3.63) is 22.9 Å². The van der Waals surface area contributed by atoms with Crippen molar-refractivity contribution in [2.45, 2.75) is 31.0 Å². The number of hydrogen-bond donors (Lipinski definition) is 1. The first-order valence-electron chi connectivity index (χ1n) is 8.51. The largest absolute Gasteiger partial charge is 0.492 e. The summed E-state index contributed by atoms with van der Waals surface area (Å²) in [5, 5.41) is 3.20. The number of cyclic esters (lactones) is 1. The minimum atomic E-state index is -1.04. The van der Waals surface area contributed by atoms with Crippen molar-refractivity contribution in [3.8, 4) is 0 Å². The molecule has 136 valence electrons. The highest BCUT2D eigenvalue weighted by Gasteiger charge is 2.54. The third-order valence-electron chi connectivity index (χ3n) is 5.31. The van der Waals surface area contributed by atoms with Gasteiger partial charge in [-0.3, -0.25) is 4.79 Å². The maximum Gasteiger partial charge on any atom is 0.407 e. The van der Waals surface area contributed by atoms with Gasteiger partial charge in [-0.15, -0.1) is 0 Å². The molecule has 1 saturated carbocycles. The highest BCUT2D eigenvalue weighted by molar-refractivity contribution is 6.30. The molecule has 1 unspecified atom stereocenters. The Morgan fingerprint density at radius 1 is 1.48 bits per heavy atom. The van der Waals surface area contributed by atoms with Crippen LogP contribution in [0, 0.1) is 11.8 Å². The van der Waals surface area contributed by atoms with E-state index in [0.717, 1.165) is 0 Å². The molecule has 1 spiro atoms. The SMILES string of the molecule is O=C1N[C@]2(CO1)C[C@H](C(=O)N1CC(COC3=C(Cl)CC(F)C=C3)C1)C2. The van der Waals surface area contributed by atoms with Crippen molar-refractivity contribution in [2.24, 2.45) is 11.8 Å². The fourth-order valence-corrected chi connectivity index (χ4v) is 4.10. The van der Waals surface area contributed by atoms with Crippen LogP contribution in [0.15, 0.2) is 22.9 Å². The second-order valence-electron chi connectivity index (χ2n) is 7.36. The number of ether oxygens (including phenoxy) is 2. The lowest BCUT2D eigenvalue weighted by atomic mass is 9.68. The van der Waals surface area contributed by atoms with Crippen LogP contribution in [0.4, 0.5) is 9.18 Å². The zero-order valence-corrected chi connectivity index (χ0v) is 14.4. The quantitative estimate of drug-likeness (QED) is 0.823. The Labute approximate surface area is 150 Å². The summed E-state index contributed by atoms with van der Waals surface area (Å²) in [6, 6.07) is 0. The molecule has 25 heavy (non-hydrogen) atoms. The van der Waals surface area contributed by atoms with Gasteiger partial charge in [0.2, 0.25) is 5.91 Å². The van der Waals surface area contributed by atoms with Crippen LogP contribution < -0.4 is 5.32 Å². The van der Waals surface area contributed by atoms with Gasteiger partial charge in [-0.05, 0) is 25.0 Å². The molecule has 0 bridgehead atoms. The van der Waals surface area contributed by atoms with E-state index in [1.807, 2.05) is 4.90 Å². The average Bonchev–Trinajstić information content (AvgIpc) is 2.88. The van der Waals surface area contributed by atoms with Crippen molar-refractivity contribution >= 4 is 23.6 Å². The van der Waals surface area contributed by atoms with Crippen molar-refractivity contribution in [3.63, 3.8) is 0 Å². The molecule has 3 fully saturated rings. The molecule has 2 aliphatic carbocycles. The minimum absolute atomic E-state index is 0.0382. The second-order valence-corrected chi connectivity index (χ2v) is 7.81. The zero-order chi connectivity index (χ0) is 17.6. The van der Waals surface area contributed by atoms with Gasteiger partial charge in [0.15, 0.2) is 0 Å². The molecule has 4 aliphatic rings. The molecule has 6 nitrogen and oxygen atoms in total. The zero-order valence-electron chi connectivity index (χ0n) is 13.7. The van der Waals surface area contributed by atoms with Crippen LogP contribution in [0.25, 0.3) is 0 Å². The molecule has 0 radical (unpaired) electrons. The van der Waals surface area contributed by atoms with Gasteiger partial charge in [-0.1, -0.05) is 11.6 Å². The summed E-state index contributed by atoms with van der Waals surface area (Å²) >= 11 is 6.00. The van der Waals surface area contributed by atoms with E-state index in [1.54, 1.807) is 6.08 Å². The first-order chi connectivity index (χ1) is 11.9. The molecule has 2 saturated heterocycles. The van der Waals surface area contributed by atoms with Gasteiger partial charge in [0.05, 0.1) is 17.2 Å². The van der Waals surface area contributed by atoms with Gasteiger partial charge in [-0.2, -0.15) is 0 Å². The van der Waals surface area contributed by atoms with Crippen LogP contribution in [0.2, 0.25) is 0 Å². The molecule has 2 heterocycles. The molecular formula is C17H20ClFN2O4. The Morgan fingerprint density at radius 2 is 2.24 bits per heavy atom. The molecule has 0 aromatic rings. The third-order valence-corrected chi connectivity index (χ3v) is 5.65. The van der Waals surface area contributed by atoms with Gasteiger partial charge >= 0.3 is 6.09 Å². The molecule has 2 amide bonds. The predicted molar refractivity (Wildman–Crippen MR) is 87.5 cm³/mol. The number of allylic oxidation sites excluding steroid dienone is 3. The number of carbonyl (C=O) groups excluding carboxylic acids is 2. The number of rotatable bonds is 4. The Morgan fingerprint density at radius 3 is 2.88 bits per heavy atom. The molecule has 4 rings (SSSR count). The predicted octanol–water partition coefficient (Wildman–Crippen LogP) is 2.10.